The van der Waals surface area contributed by atoms with Crippen LogP contribution in [0.15, 0.2) is 54.7 Å². The van der Waals surface area contributed by atoms with Crippen molar-refractivity contribution in [1.29, 1.82) is 0 Å². The molecule has 4 rings (SSSR count). The van der Waals surface area contributed by atoms with Gasteiger partial charge < -0.3 is 19.5 Å². The summed E-state index contributed by atoms with van der Waals surface area (Å²) in [5.41, 5.74) is 5.79. The van der Waals surface area contributed by atoms with Gasteiger partial charge in [-0.3, -0.25) is 4.98 Å². The zero-order valence-electron chi connectivity index (χ0n) is 18.6. The molecule has 0 radical (unpaired) electrons. The molecule has 1 aromatic carbocycles. The molecule has 3 aromatic rings. The zero-order valence-corrected chi connectivity index (χ0v) is 19.4. The number of rotatable bonds is 7. The Labute approximate surface area is 190 Å². The van der Waals surface area contributed by atoms with Crippen LogP contribution in [0.3, 0.4) is 0 Å². The van der Waals surface area contributed by atoms with Gasteiger partial charge in [0.2, 0.25) is 0 Å². The molecule has 162 valence electrons. The maximum absolute atomic E-state index is 5.78. The van der Waals surface area contributed by atoms with Crippen LogP contribution in [0.4, 0.5) is 0 Å². The predicted molar refractivity (Wildman–Crippen MR) is 129 cm³/mol. The fourth-order valence-corrected chi connectivity index (χ4v) is 4.88. The van der Waals surface area contributed by atoms with Crippen molar-refractivity contribution < 1.29 is 4.74 Å². The van der Waals surface area contributed by atoms with E-state index in [4.69, 9.17) is 17.0 Å². The van der Waals surface area contributed by atoms with Crippen LogP contribution in [-0.2, 0) is 0 Å². The molecule has 0 bridgehead atoms. The first-order chi connectivity index (χ1) is 15.0. The summed E-state index contributed by atoms with van der Waals surface area (Å²) < 4.78 is 7.75. The van der Waals surface area contributed by atoms with Crippen molar-refractivity contribution in [3.05, 3.63) is 77.4 Å². The zero-order chi connectivity index (χ0) is 22.0. The Morgan fingerprint density at radius 3 is 2.68 bits per heavy atom. The molecule has 2 atom stereocenters. The summed E-state index contributed by atoms with van der Waals surface area (Å²) in [5.74, 6) is 0.853. The first-order valence-corrected chi connectivity index (χ1v) is 11.3. The Balaban J connectivity index is 1.81. The Kier molecular flexibility index (Phi) is 6.28. The molecule has 2 aromatic heterocycles. The van der Waals surface area contributed by atoms with E-state index in [1.165, 1.54) is 17.0 Å². The summed E-state index contributed by atoms with van der Waals surface area (Å²) in [7, 11) is 1.70. The van der Waals surface area contributed by atoms with Crippen LogP contribution >= 0.6 is 12.2 Å². The molecular weight excluding hydrogens is 404 g/mol. The average molecular weight is 435 g/mol. The monoisotopic (exact) mass is 434 g/mol. The minimum atomic E-state index is 0.0183. The molecule has 1 N–H and O–H groups in total. The lowest BCUT2D eigenvalue weighted by atomic mass is 9.96. The first-order valence-electron chi connectivity index (χ1n) is 10.9. The van der Waals surface area contributed by atoms with Gasteiger partial charge in [-0.1, -0.05) is 25.5 Å². The van der Waals surface area contributed by atoms with E-state index in [0.29, 0.717) is 0 Å². The van der Waals surface area contributed by atoms with E-state index in [2.05, 4.69) is 64.8 Å². The summed E-state index contributed by atoms with van der Waals surface area (Å²) in [6.45, 7) is 7.49. The summed E-state index contributed by atoms with van der Waals surface area (Å²) >= 11 is 5.78. The predicted octanol–water partition coefficient (Wildman–Crippen LogP) is 5.27. The number of methoxy groups -OCH3 is 1. The molecule has 3 heterocycles. The Hall–Kier alpha value is -2.86. The van der Waals surface area contributed by atoms with E-state index in [1.807, 2.05) is 30.5 Å². The SMILES string of the molecule is CCCCN1C(=S)N[C@@H](c2ccccn2)[C@@H]1c1cc(C)n(-c2cccc(OC)c2)c1C. The smallest absolute Gasteiger partial charge is 0.170 e. The maximum atomic E-state index is 5.78. The second-order valence-corrected chi connectivity index (χ2v) is 8.42. The molecule has 0 unspecified atom stereocenters. The number of benzene rings is 1. The fraction of sp³-hybridized carbons (Fsp3) is 0.360. The number of thiocarbonyl (C=S) groups is 1. The highest BCUT2D eigenvalue weighted by molar-refractivity contribution is 7.80. The maximum Gasteiger partial charge on any atom is 0.170 e. The van der Waals surface area contributed by atoms with Crippen molar-refractivity contribution in [2.75, 3.05) is 13.7 Å². The summed E-state index contributed by atoms with van der Waals surface area (Å²) in [6.07, 6.45) is 4.08. The second-order valence-electron chi connectivity index (χ2n) is 8.04. The lowest BCUT2D eigenvalue weighted by molar-refractivity contribution is 0.312. The molecule has 1 aliphatic rings. The highest BCUT2D eigenvalue weighted by atomic mass is 32.1. The van der Waals surface area contributed by atoms with Gasteiger partial charge in [-0.15, -0.1) is 0 Å². The minimum Gasteiger partial charge on any atom is -0.497 e. The van der Waals surface area contributed by atoms with Crippen molar-refractivity contribution in [1.82, 2.24) is 19.8 Å². The normalized spacial score (nSPS) is 18.3. The Morgan fingerprint density at radius 1 is 1.13 bits per heavy atom. The van der Waals surface area contributed by atoms with E-state index >= 15 is 0 Å². The third kappa shape index (κ3) is 4.04. The lowest BCUT2D eigenvalue weighted by Gasteiger charge is -2.28. The van der Waals surface area contributed by atoms with Gasteiger partial charge >= 0.3 is 0 Å². The highest BCUT2D eigenvalue weighted by Crippen LogP contribution is 2.41. The molecule has 0 amide bonds. The number of hydrogen-bond acceptors (Lipinski definition) is 3. The third-order valence-electron chi connectivity index (χ3n) is 6.05. The van der Waals surface area contributed by atoms with E-state index in [9.17, 15) is 0 Å². The third-order valence-corrected chi connectivity index (χ3v) is 6.40. The molecule has 31 heavy (non-hydrogen) atoms. The van der Waals surface area contributed by atoms with Gasteiger partial charge in [0.25, 0.3) is 0 Å². The molecule has 1 aliphatic heterocycles. The molecule has 0 aliphatic carbocycles. The van der Waals surface area contributed by atoms with Crippen LogP contribution < -0.4 is 10.1 Å². The Bertz CT molecular complexity index is 1060. The number of nitrogens with zero attached hydrogens (tertiary/aromatic N) is 3. The number of pyridine rings is 1. The average Bonchev–Trinajstić information content (AvgIpc) is 3.27. The molecule has 0 spiro atoms. The number of ether oxygens (including phenoxy) is 1. The van der Waals surface area contributed by atoms with Crippen LogP contribution in [0.5, 0.6) is 5.75 Å². The largest absolute Gasteiger partial charge is 0.497 e. The van der Waals surface area contributed by atoms with Gasteiger partial charge in [0.15, 0.2) is 5.11 Å². The van der Waals surface area contributed by atoms with Crippen LogP contribution in [0.25, 0.3) is 5.69 Å². The minimum absolute atomic E-state index is 0.0183. The van der Waals surface area contributed by atoms with E-state index in [-0.39, 0.29) is 12.1 Å². The van der Waals surface area contributed by atoms with Crippen LogP contribution in [0.1, 0.15) is 54.5 Å². The van der Waals surface area contributed by atoms with E-state index in [1.54, 1.807) is 7.11 Å². The number of unbranched alkanes of at least 4 members (excludes halogenated alkanes) is 1. The molecule has 0 saturated carbocycles. The van der Waals surface area contributed by atoms with Crippen molar-refractivity contribution in [2.24, 2.45) is 0 Å². The molecule has 1 saturated heterocycles. The summed E-state index contributed by atoms with van der Waals surface area (Å²) in [6, 6.07) is 16.7. The number of nitrogens with one attached hydrogen (secondary N) is 1. The molecule has 5 nitrogen and oxygen atoms in total. The Morgan fingerprint density at radius 2 is 1.97 bits per heavy atom. The van der Waals surface area contributed by atoms with Crippen LogP contribution in [0.2, 0.25) is 0 Å². The molecular formula is C25H30N4OS. The van der Waals surface area contributed by atoms with Crippen molar-refractivity contribution in [2.45, 2.75) is 45.7 Å². The van der Waals surface area contributed by atoms with Crippen molar-refractivity contribution in [3.8, 4) is 11.4 Å². The quantitative estimate of drug-likeness (QED) is 0.513. The highest BCUT2D eigenvalue weighted by Gasteiger charge is 2.41. The molecule has 6 heteroatoms. The van der Waals surface area contributed by atoms with Crippen molar-refractivity contribution >= 4 is 17.3 Å². The van der Waals surface area contributed by atoms with Gasteiger partial charge in [-0.05, 0) is 68.4 Å². The van der Waals surface area contributed by atoms with Gasteiger partial charge in [0.05, 0.1) is 24.9 Å². The second kappa shape index (κ2) is 9.10. The van der Waals surface area contributed by atoms with Gasteiger partial charge in [0, 0.05) is 35.9 Å². The standard InChI is InChI=1S/C25H30N4OS/c1-5-6-14-28-24(23(27-25(28)31)22-12-7-8-13-26-22)21-15-17(2)29(18(21)3)19-10-9-11-20(16-19)30-4/h7-13,15-16,23-24H,5-6,14H2,1-4H3,(H,27,31)/t23-,24-/m0/s1. The van der Waals surface area contributed by atoms with Gasteiger partial charge in [-0.2, -0.15) is 0 Å². The number of hydrogen-bond donors (Lipinski definition) is 1. The summed E-state index contributed by atoms with van der Waals surface area (Å²) in [5, 5.41) is 4.36. The van der Waals surface area contributed by atoms with Crippen molar-refractivity contribution in [3.63, 3.8) is 0 Å². The van der Waals surface area contributed by atoms with Gasteiger partial charge in [-0.25, -0.2) is 0 Å². The topological polar surface area (TPSA) is 42.3 Å². The van der Waals surface area contributed by atoms with E-state index in [0.717, 1.165) is 41.6 Å². The lowest BCUT2D eigenvalue weighted by Crippen LogP contribution is -2.30. The number of aromatic nitrogens is 2. The van der Waals surface area contributed by atoms with Crippen LogP contribution in [0, 0.1) is 13.8 Å². The van der Waals surface area contributed by atoms with E-state index < -0.39 is 0 Å². The first kappa shape index (κ1) is 21.4. The number of aryl methyl sites for hydroxylation is 1. The van der Waals surface area contributed by atoms with Gasteiger partial charge in [0.1, 0.15) is 5.75 Å². The summed E-state index contributed by atoms with van der Waals surface area (Å²) in [4.78, 5) is 7.00. The molecule has 1 fully saturated rings. The fourth-order valence-electron chi connectivity index (χ4n) is 4.55. The van der Waals surface area contributed by atoms with Crippen LogP contribution in [-0.4, -0.2) is 33.2 Å².